The molecule has 0 radical (unpaired) electrons. The minimum atomic E-state index is -0.850. The third-order valence-corrected chi connectivity index (χ3v) is 2.09. The van der Waals surface area contributed by atoms with E-state index in [0.717, 1.165) is 10.7 Å². The predicted molar refractivity (Wildman–Crippen MR) is 49.1 cm³/mol. The molecule has 0 amide bonds. The fraction of sp³-hybridized carbons (Fsp3) is 0.500. The second-order valence-electron chi connectivity index (χ2n) is 3.02. The summed E-state index contributed by atoms with van der Waals surface area (Å²) >= 11 is 1.48. The molecule has 1 heterocycles. The van der Waals surface area contributed by atoms with Crippen molar-refractivity contribution in [1.82, 2.24) is 9.97 Å². The van der Waals surface area contributed by atoms with E-state index in [1.54, 1.807) is 26.2 Å². The first-order valence-corrected chi connectivity index (χ1v) is 4.85. The number of aliphatic hydroxyl groups is 1. The zero-order valence-electron chi connectivity index (χ0n) is 7.40. The van der Waals surface area contributed by atoms with Gasteiger partial charge in [-0.05, 0) is 20.1 Å². The van der Waals surface area contributed by atoms with Gasteiger partial charge in [0.15, 0.2) is 5.16 Å². The number of hydrogen-bond donors (Lipinski definition) is 1. The van der Waals surface area contributed by atoms with E-state index in [2.05, 4.69) is 9.97 Å². The number of rotatable bonds is 2. The van der Waals surface area contributed by atoms with E-state index in [1.807, 2.05) is 6.26 Å². The molecule has 0 bridgehead atoms. The van der Waals surface area contributed by atoms with Crippen LogP contribution in [0.3, 0.4) is 0 Å². The lowest BCUT2D eigenvalue weighted by atomic mass is 10.0. The third-order valence-electron chi connectivity index (χ3n) is 1.52. The first-order chi connectivity index (χ1) is 5.54. The van der Waals surface area contributed by atoms with Gasteiger partial charge in [0.2, 0.25) is 0 Å². The van der Waals surface area contributed by atoms with Crippen LogP contribution in [0.2, 0.25) is 0 Å². The molecule has 1 aromatic heterocycles. The van der Waals surface area contributed by atoms with E-state index < -0.39 is 5.60 Å². The molecule has 0 spiro atoms. The normalized spacial score (nSPS) is 11.7. The summed E-state index contributed by atoms with van der Waals surface area (Å²) < 4.78 is 0. The lowest BCUT2D eigenvalue weighted by Gasteiger charge is -2.16. The average molecular weight is 184 g/mol. The molecule has 0 aliphatic carbocycles. The largest absolute Gasteiger partial charge is 0.386 e. The minimum absolute atomic E-state index is 0.725. The molecule has 0 aliphatic rings. The summed E-state index contributed by atoms with van der Waals surface area (Å²) in [6.45, 7) is 3.43. The first-order valence-electron chi connectivity index (χ1n) is 3.63. The number of hydrogen-bond acceptors (Lipinski definition) is 4. The van der Waals surface area contributed by atoms with Gasteiger partial charge in [-0.15, -0.1) is 0 Å². The Bertz CT molecular complexity index is 253. The van der Waals surface area contributed by atoms with Gasteiger partial charge in [-0.2, -0.15) is 0 Å². The molecule has 12 heavy (non-hydrogen) atoms. The van der Waals surface area contributed by atoms with Crippen molar-refractivity contribution in [2.45, 2.75) is 24.6 Å². The van der Waals surface area contributed by atoms with Crippen LogP contribution >= 0.6 is 11.8 Å². The number of thioether (sulfide) groups is 1. The predicted octanol–water partition coefficient (Wildman–Crippen LogP) is 1.43. The Morgan fingerprint density at radius 2 is 1.83 bits per heavy atom. The van der Waals surface area contributed by atoms with Gasteiger partial charge < -0.3 is 5.11 Å². The van der Waals surface area contributed by atoms with Gasteiger partial charge in [0.1, 0.15) is 0 Å². The molecule has 3 nitrogen and oxygen atoms in total. The van der Waals surface area contributed by atoms with E-state index in [-0.39, 0.29) is 0 Å². The molecule has 0 saturated heterocycles. The molecule has 0 unspecified atom stereocenters. The lowest BCUT2D eigenvalue weighted by Crippen LogP contribution is -2.16. The van der Waals surface area contributed by atoms with Crippen LogP contribution in [-0.4, -0.2) is 21.3 Å². The monoisotopic (exact) mass is 184 g/mol. The summed E-state index contributed by atoms with van der Waals surface area (Å²) in [6, 6.07) is 0. The molecule has 66 valence electrons. The Labute approximate surface area is 76.2 Å². The summed E-state index contributed by atoms with van der Waals surface area (Å²) in [6.07, 6.45) is 5.22. The summed E-state index contributed by atoms with van der Waals surface area (Å²) in [5.74, 6) is 0. The van der Waals surface area contributed by atoms with Crippen molar-refractivity contribution in [3.63, 3.8) is 0 Å². The molecule has 0 saturated carbocycles. The Hall–Kier alpha value is -0.610. The molecule has 0 atom stereocenters. The van der Waals surface area contributed by atoms with Crippen LogP contribution in [0, 0.1) is 0 Å². The molecule has 0 aliphatic heterocycles. The van der Waals surface area contributed by atoms with Crippen molar-refractivity contribution in [1.29, 1.82) is 0 Å². The highest BCUT2D eigenvalue weighted by Gasteiger charge is 2.16. The zero-order chi connectivity index (χ0) is 9.19. The van der Waals surface area contributed by atoms with Crippen molar-refractivity contribution in [2.24, 2.45) is 0 Å². The van der Waals surface area contributed by atoms with Crippen LogP contribution in [0.25, 0.3) is 0 Å². The van der Waals surface area contributed by atoms with E-state index in [1.165, 1.54) is 11.8 Å². The van der Waals surface area contributed by atoms with Gasteiger partial charge in [0.05, 0.1) is 5.60 Å². The highest BCUT2D eigenvalue weighted by molar-refractivity contribution is 7.98. The fourth-order valence-corrected chi connectivity index (χ4v) is 1.05. The molecule has 4 heteroatoms. The van der Waals surface area contributed by atoms with Gasteiger partial charge in [-0.25, -0.2) is 9.97 Å². The maximum absolute atomic E-state index is 9.57. The van der Waals surface area contributed by atoms with Crippen LogP contribution in [-0.2, 0) is 5.60 Å². The minimum Gasteiger partial charge on any atom is -0.386 e. The topological polar surface area (TPSA) is 46.0 Å². The van der Waals surface area contributed by atoms with Crippen molar-refractivity contribution in [3.8, 4) is 0 Å². The highest BCUT2D eigenvalue weighted by atomic mass is 32.2. The van der Waals surface area contributed by atoms with Crippen LogP contribution < -0.4 is 0 Å². The maximum Gasteiger partial charge on any atom is 0.187 e. The zero-order valence-corrected chi connectivity index (χ0v) is 8.22. The SMILES string of the molecule is CSc1ncc(C(C)(C)O)cn1. The van der Waals surface area contributed by atoms with Crippen LogP contribution in [0.1, 0.15) is 19.4 Å². The van der Waals surface area contributed by atoms with Crippen molar-refractivity contribution in [2.75, 3.05) is 6.26 Å². The Morgan fingerprint density at radius 3 is 2.17 bits per heavy atom. The van der Waals surface area contributed by atoms with Crippen molar-refractivity contribution in [3.05, 3.63) is 18.0 Å². The first kappa shape index (κ1) is 9.48. The smallest absolute Gasteiger partial charge is 0.187 e. The van der Waals surface area contributed by atoms with Crippen molar-refractivity contribution < 1.29 is 5.11 Å². The second-order valence-corrected chi connectivity index (χ2v) is 3.79. The molecule has 0 fully saturated rings. The van der Waals surface area contributed by atoms with E-state index in [4.69, 9.17) is 0 Å². The Morgan fingerprint density at radius 1 is 1.33 bits per heavy atom. The summed E-state index contributed by atoms with van der Waals surface area (Å²) in [5.41, 5.74) is -0.114. The van der Waals surface area contributed by atoms with Gasteiger partial charge in [-0.1, -0.05) is 11.8 Å². The average Bonchev–Trinajstić information content (AvgIpc) is 2.03. The van der Waals surface area contributed by atoms with E-state index in [9.17, 15) is 5.11 Å². The summed E-state index contributed by atoms with van der Waals surface area (Å²) in [4.78, 5) is 8.11. The second kappa shape index (κ2) is 3.41. The third kappa shape index (κ3) is 2.19. The summed E-state index contributed by atoms with van der Waals surface area (Å²) in [7, 11) is 0. The Balaban J connectivity index is 2.93. The standard InChI is InChI=1S/C8H12N2OS/c1-8(2,11)6-4-9-7(12-3)10-5-6/h4-5,11H,1-3H3. The van der Waals surface area contributed by atoms with Crippen LogP contribution in [0.5, 0.6) is 0 Å². The van der Waals surface area contributed by atoms with Crippen LogP contribution in [0.4, 0.5) is 0 Å². The molecule has 1 N–H and O–H groups in total. The lowest BCUT2D eigenvalue weighted by molar-refractivity contribution is 0.0776. The Kier molecular flexibility index (Phi) is 2.69. The number of aromatic nitrogens is 2. The van der Waals surface area contributed by atoms with Crippen molar-refractivity contribution >= 4 is 11.8 Å². The summed E-state index contributed by atoms with van der Waals surface area (Å²) in [5, 5.41) is 10.3. The molecular weight excluding hydrogens is 172 g/mol. The molecule has 0 aromatic carbocycles. The van der Waals surface area contributed by atoms with Gasteiger partial charge in [0.25, 0.3) is 0 Å². The molecular formula is C8H12N2OS. The van der Waals surface area contributed by atoms with Gasteiger partial charge >= 0.3 is 0 Å². The quantitative estimate of drug-likeness (QED) is 0.558. The van der Waals surface area contributed by atoms with Gasteiger partial charge in [0, 0.05) is 18.0 Å². The van der Waals surface area contributed by atoms with Crippen LogP contribution in [0.15, 0.2) is 17.6 Å². The molecule has 1 rings (SSSR count). The maximum atomic E-state index is 9.57. The van der Waals surface area contributed by atoms with Gasteiger partial charge in [-0.3, -0.25) is 0 Å². The number of nitrogens with zero attached hydrogens (tertiary/aromatic N) is 2. The van der Waals surface area contributed by atoms with E-state index >= 15 is 0 Å². The van der Waals surface area contributed by atoms with E-state index in [0.29, 0.717) is 0 Å². The molecule has 1 aromatic rings. The highest BCUT2D eigenvalue weighted by Crippen LogP contribution is 2.18. The fourth-order valence-electron chi connectivity index (χ4n) is 0.738.